The zero-order chi connectivity index (χ0) is 15.9. The SMILES string of the molecule is CCCCC(CCC)Nc1ccc(S(=O)(=O)N(C)C)cc1. The Labute approximate surface area is 129 Å². The van der Waals surface area contributed by atoms with E-state index in [0.29, 0.717) is 10.9 Å². The van der Waals surface area contributed by atoms with Crippen molar-refractivity contribution in [1.82, 2.24) is 4.31 Å². The fourth-order valence-electron chi connectivity index (χ4n) is 2.26. The predicted octanol–water partition coefficient (Wildman–Crippen LogP) is 3.71. The maximum absolute atomic E-state index is 12.0. The quantitative estimate of drug-likeness (QED) is 0.756. The molecule has 0 spiro atoms. The Morgan fingerprint density at radius 2 is 1.67 bits per heavy atom. The van der Waals surface area contributed by atoms with Crippen LogP contribution in [0.5, 0.6) is 0 Å². The zero-order valence-electron chi connectivity index (χ0n) is 13.6. The lowest BCUT2D eigenvalue weighted by atomic mass is 10.0. The summed E-state index contributed by atoms with van der Waals surface area (Å²) in [5.41, 5.74) is 0.988. The molecule has 1 aromatic rings. The van der Waals surface area contributed by atoms with Gasteiger partial charge in [0, 0.05) is 25.8 Å². The Morgan fingerprint density at radius 1 is 1.05 bits per heavy atom. The molecule has 0 bridgehead atoms. The van der Waals surface area contributed by atoms with Crippen molar-refractivity contribution in [1.29, 1.82) is 0 Å². The van der Waals surface area contributed by atoms with Crippen LogP contribution in [-0.4, -0.2) is 32.9 Å². The largest absolute Gasteiger partial charge is 0.382 e. The molecule has 4 nitrogen and oxygen atoms in total. The molecule has 0 aliphatic carbocycles. The second-order valence-electron chi connectivity index (χ2n) is 5.58. The fourth-order valence-corrected chi connectivity index (χ4v) is 3.16. The van der Waals surface area contributed by atoms with Crippen LogP contribution in [0.2, 0.25) is 0 Å². The van der Waals surface area contributed by atoms with Gasteiger partial charge in [-0.3, -0.25) is 0 Å². The molecule has 1 rings (SSSR count). The predicted molar refractivity (Wildman–Crippen MR) is 89.2 cm³/mol. The van der Waals surface area contributed by atoms with E-state index >= 15 is 0 Å². The maximum Gasteiger partial charge on any atom is 0.242 e. The molecular weight excluding hydrogens is 284 g/mol. The highest BCUT2D eigenvalue weighted by Crippen LogP contribution is 2.19. The second kappa shape index (κ2) is 8.39. The number of nitrogens with zero attached hydrogens (tertiary/aromatic N) is 1. The maximum atomic E-state index is 12.0. The fraction of sp³-hybridized carbons (Fsp3) is 0.625. The first-order valence-electron chi connectivity index (χ1n) is 7.71. The van der Waals surface area contributed by atoms with Crippen LogP contribution in [0.1, 0.15) is 46.0 Å². The van der Waals surface area contributed by atoms with Gasteiger partial charge in [-0.25, -0.2) is 12.7 Å². The van der Waals surface area contributed by atoms with E-state index in [4.69, 9.17) is 0 Å². The molecule has 0 fully saturated rings. The molecule has 0 radical (unpaired) electrons. The minimum Gasteiger partial charge on any atom is -0.382 e. The third kappa shape index (κ3) is 5.32. The summed E-state index contributed by atoms with van der Waals surface area (Å²) >= 11 is 0. The number of unbranched alkanes of at least 4 members (excludes halogenated alkanes) is 1. The number of anilines is 1. The van der Waals surface area contributed by atoms with Crippen molar-refractivity contribution in [2.24, 2.45) is 0 Å². The lowest BCUT2D eigenvalue weighted by Gasteiger charge is -2.19. The molecule has 1 atom stereocenters. The van der Waals surface area contributed by atoms with Crippen molar-refractivity contribution in [2.75, 3.05) is 19.4 Å². The monoisotopic (exact) mass is 312 g/mol. The van der Waals surface area contributed by atoms with E-state index in [1.165, 1.54) is 17.1 Å². The Morgan fingerprint density at radius 3 is 2.14 bits per heavy atom. The molecule has 0 saturated carbocycles. The molecule has 1 N–H and O–H groups in total. The van der Waals surface area contributed by atoms with Gasteiger partial charge in [-0.15, -0.1) is 0 Å². The van der Waals surface area contributed by atoms with Crippen LogP contribution in [0, 0.1) is 0 Å². The summed E-state index contributed by atoms with van der Waals surface area (Å²) in [6.45, 7) is 4.39. The van der Waals surface area contributed by atoms with Gasteiger partial charge in [0.15, 0.2) is 0 Å². The van der Waals surface area contributed by atoms with Crippen molar-refractivity contribution >= 4 is 15.7 Å². The van der Waals surface area contributed by atoms with E-state index < -0.39 is 10.0 Å². The van der Waals surface area contributed by atoms with Gasteiger partial charge in [0.25, 0.3) is 0 Å². The highest BCUT2D eigenvalue weighted by Gasteiger charge is 2.16. The standard InChI is InChI=1S/C16H28N2O2S/c1-5-7-9-14(8-6-2)17-15-10-12-16(13-11-15)21(19,20)18(3)4/h10-14,17H,5-9H2,1-4H3. The number of hydrogen-bond acceptors (Lipinski definition) is 3. The van der Waals surface area contributed by atoms with Crippen LogP contribution in [0.25, 0.3) is 0 Å². The number of nitrogens with one attached hydrogen (secondary N) is 1. The lowest BCUT2D eigenvalue weighted by Crippen LogP contribution is -2.22. The van der Waals surface area contributed by atoms with Gasteiger partial charge < -0.3 is 5.32 Å². The summed E-state index contributed by atoms with van der Waals surface area (Å²) in [7, 11) is -0.251. The van der Waals surface area contributed by atoms with Crippen molar-refractivity contribution < 1.29 is 8.42 Å². The highest BCUT2D eigenvalue weighted by molar-refractivity contribution is 7.89. The van der Waals surface area contributed by atoms with Crippen molar-refractivity contribution in [3.05, 3.63) is 24.3 Å². The van der Waals surface area contributed by atoms with Crippen LogP contribution >= 0.6 is 0 Å². The molecule has 0 aliphatic rings. The van der Waals surface area contributed by atoms with Crippen molar-refractivity contribution in [2.45, 2.75) is 56.9 Å². The average molecular weight is 312 g/mol. The first-order valence-corrected chi connectivity index (χ1v) is 9.15. The summed E-state index contributed by atoms with van der Waals surface area (Å²) in [6, 6.07) is 7.50. The van der Waals surface area contributed by atoms with Gasteiger partial charge in [0.2, 0.25) is 10.0 Å². The highest BCUT2D eigenvalue weighted by atomic mass is 32.2. The Kier molecular flexibility index (Phi) is 7.18. The Bertz CT molecular complexity index is 510. The topological polar surface area (TPSA) is 49.4 Å². The van der Waals surface area contributed by atoms with Crippen molar-refractivity contribution in [3.8, 4) is 0 Å². The molecular formula is C16H28N2O2S. The van der Waals surface area contributed by atoms with E-state index in [1.54, 1.807) is 26.2 Å². The first kappa shape index (κ1) is 18.0. The van der Waals surface area contributed by atoms with E-state index in [1.807, 2.05) is 12.1 Å². The molecule has 5 heteroatoms. The molecule has 0 aliphatic heterocycles. The van der Waals surface area contributed by atoms with Gasteiger partial charge >= 0.3 is 0 Å². The van der Waals surface area contributed by atoms with Gasteiger partial charge in [-0.05, 0) is 37.1 Å². The van der Waals surface area contributed by atoms with E-state index in [2.05, 4.69) is 19.2 Å². The van der Waals surface area contributed by atoms with E-state index in [-0.39, 0.29) is 0 Å². The van der Waals surface area contributed by atoms with Gasteiger partial charge in [0.05, 0.1) is 4.90 Å². The molecule has 0 saturated heterocycles. The third-order valence-electron chi connectivity index (χ3n) is 3.55. The molecule has 0 amide bonds. The smallest absolute Gasteiger partial charge is 0.242 e. The van der Waals surface area contributed by atoms with Gasteiger partial charge in [0.1, 0.15) is 0 Å². The lowest BCUT2D eigenvalue weighted by molar-refractivity contribution is 0.521. The summed E-state index contributed by atoms with van der Waals surface area (Å²) < 4.78 is 25.3. The molecule has 0 heterocycles. The van der Waals surface area contributed by atoms with Crippen molar-refractivity contribution in [3.63, 3.8) is 0 Å². The molecule has 1 aromatic carbocycles. The van der Waals surface area contributed by atoms with Crippen LogP contribution < -0.4 is 5.32 Å². The van der Waals surface area contributed by atoms with Gasteiger partial charge in [-0.1, -0.05) is 33.1 Å². The Balaban J connectivity index is 2.77. The molecule has 1 unspecified atom stereocenters. The number of rotatable bonds is 9. The Hall–Kier alpha value is -1.07. The zero-order valence-corrected chi connectivity index (χ0v) is 14.4. The molecule has 21 heavy (non-hydrogen) atoms. The summed E-state index contributed by atoms with van der Waals surface area (Å²) in [5, 5.41) is 3.51. The minimum atomic E-state index is -3.34. The number of hydrogen-bond donors (Lipinski definition) is 1. The minimum absolute atomic E-state index is 0.332. The van der Waals surface area contributed by atoms with Crippen LogP contribution in [0.4, 0.5) is 5.69 Å². The third-order valence-corrected chi connectivity index (χ3v) is 5.38. The number of benzene rings is 1. The normalized spacial score (nSPS) is 13.4. The van der Waals surface area contributed by atoms with Crippen LogP contribution in [0.3, 0.4) is 0 Å². The van der Waals surface area contributed by atoms with E-state index in [0.717, 1.165) is 24.9 Å². The first-order chi connectivity index (χ1) is 9.91. The number of sulfonamides is 1. The summed E-state index contributed by atoms with van der Waals surface area (Å²) in [5.74, 6) is 0. The van der Waals surface area contributed by atoms with E-state index in [9.17, 15) is 8.42 Å². The van der Waals surface area contributed by atoms with Crippen LogP contribution in [-0.2, 0) is 10.0 Å². The molecule has 0 aromatic heterocycles. The van der Waals surface area contributed by atoms with Gasteiger partial charge in [-0.2, -0.15) is 0 Å². The second-order valence-corrected chi connectivity index (χ2v) is 7.74. The summed E-state index contributed by atoms with van der Waals surface area (Å²) in [4.78, 5) is 0.332. The molecule has 120 valence electrons. The summed E-state index contributed by atoms with van der Waals surface area (Å²) in [6.07, 6.45) is 5.85. The average Bonchev–Trinajstić information content (AvgIpc) is 2.45. The van der Waals surface area contributed by atoms with Crippen LogP contribution in [0.15, 0.2) is 29.2 Å².